The largest absolute Gasteiger partial charge is 0.455 e. The molecule has 0 spiro atoms. The predicted molar refractivity (Wildman–Crippen MR) is 110 cm³/mol. The molecule has 1 saturated heterocycles. The Morgan fingerprint density at radius 3 is 2.56 bits per heavy atom. The summed E-state index contributed by atoms with van der Waals surface area (Å²) in [5.41, 5.74) is -0.696. The van der Waals surface area contributed by atoms with E-state index in [1.807, 2.05) is 39.8 Å². The van der Waals surface area contributed by atoms with E-state index in [0.717, 1.165) is 31.1 Å². The molecule has 1 aliphatic heterocycles. The topological polar surface area (TPSA) is 52.6 Å². The minimum atomic E-state index is -0.916. The zero-order chi connectivity index (χ0) is 20.5. The van der Waals surface area contributed by atoms with Gasteiger partial charge in [0.15, 0.2) is 6.10 Å². The number of unbranched alkanes of at least 4 members (excludes halogenated alkanes) is 4. The van der Waals surface area contributed by atoms with Gasteiger partial charge in [0.1, 0.15) is 11.9 Å². The van der Waals surface area contributed by atoms with Crippen LogP contribution >= 0.6 is 0 Å². The molecule has 1 aliphatic rings. The van der Waals surface area contributed by atoms with E-state index in [4.69, 9.17) is 9.47 Å². The fourth-order valence-corrected chi connectivity index (χ4v) is 3.62. The Kier molecular flexibility index (Phi) is 9.44. The average Bonchev–Trinajstić information content (AvgIpc) is 2.63. The van der Waals surface area contributed by atoms with Gasteiger partial charge in [-0.3, -0.25) is 4.79 Å². The van der Waals surface area contributed by atoms with E-state index in [1.54, 1.807) is 0 Å². The van der Waals surface area contributed by atoms with Gasteiger partial charge in [0.2, 0.25) is 0 Å². The van der Waals surface area contributed by atoms with E-state index in [2.05, 4.69) is 13.5 Å². The normalized spacial score (nSPS) is 27.4. The van der Waals surface area contributed by atoms with Gasteiger partial charge in [0.25, 0.3) is 0 Å². The Labute approximate surface area is 165 Å². The Bertz CT molecular complexity index is 534. The van der Waals surface area contributed by atoms with Gasteiger partial charge in [-0.15, -0.1) is 6.58 Å². The highest BCUT2D eigenvalue weighted by molar-refractivity contribution is 5.70. The highest BCUT2D eigenvalue weighted by atomic mass is 16.6. The Balaban J connectivity index is 2.95. The van der Waals surface area contributed by atoms with Gasteiger partial charge in [0, 0.05) is 6.42 Å². The van der Waals surface area contributed by atoms with Crippen LogP contribution in [-0.4, -0.2) is 30.1 Å². The van der Waals surface area contributed by atoms with Crippen molar-refractivity contribution < 1.29 is 19.1 Å². The van der Waals surface area contributed by atoms with E-state index < -0.39 is 17.1 Å². The molecular formula is C23H38O4. The minimum Gasteiger partial charge on any atom is -0.455 e. The molecule has 154 valence electrons. The second-order valence-electron chi connectivity index (χ2n) is 8.31. The van der Waals surface area contributed by atoms with Crippen molar-refractivity contribution in [2.75, 3.05) is 0 Å². The lowest BCUT2D eigenvalue weighted by atomic mass is 9.69. The van der Waals surface area contributed by atoms with Gasteiger partial charge in [-0.25, -0.2) is 0 Å². The highest BCUT2D eigenvalue weighted by Crippen LogP contribution is 2.45. The standard InChI is InChI=1S/C23H38O4/c1-7-10-11-12-13-15-20(25)26-21-18(9-3)16-19(14-8-2)27-23(21,6)22(4,5)17-24/h8-9,17,19,21H,2,7,10-16H2,1,3-6H3/b18-9+/t19-,21+,23-/m1/s1. The number of aldehydes is 1. The summed E-state index contributed by atoms with van der Waals surface area (Å²) in [5, 5.41) is 0. The summed E-state index contributed by atoms with van der Waals surface area (Å²) >= 11 is 0. The van der Waals surface area contributed by atoms with Crippen molar-refractivity contribution in [2.24, 2.45) is 5.41 Å². The lowest BCUT2D eigenvalue weighted by Gasteiger charge is -2.51. The maximum Gasteiger partial charge on any atom is 0.306 e. The van der Waals surface area contributed by atoms with Gasteiger partial charge in [-0.1, -0.05) is 58.6 Å². The van der Waals surface area contributed by atoms with E-state index in [-0.39, 0.29) is 12.1 Å². The summed E-state index contributed by atoms with van der Waals surface area (Å²) < 4.78 is 12.3. The molecule has 0 aromatic rings. The van der Waals surface area contributed by atoms with Crippen molar-refractivity contribution >= 4 is 12.3 Å². The van der Waals surface area contributed by atoms with Crippen LogP contribution in [0.2, 0.25) is 0 Å². The molecule has 0 aliphatic carbocycles. The SMILES string of the molecule is C=CC[C@@H]1C/C(=C\C)[C@H](OC(=O)CCCCCCC)[C@](C)(C(C)(C)C=O)O1. The van der Waals surface area contributed by atoms with Crippen LogP contribution in [0.4, 0.5) is 0 Å². The number of hydrogen-bond acceptors (Lipinski definition) is 4. The zero-order valence-electron chi connectivity index (χ0n) is 17.9. The molecule has 0 aromatic carbocycles. The third-order valence-electron chi connectivity index (χ3n) is 5.82. The fourth-order valence-electron chi connectivity index (χ4n) is 3.62. The molecule has 0 amide bonds. The third-order valence-corrected chi connectivity index (χ3v) is 5.82. The average molecular weight is 379 g/mol. The Morgan fingerprint density at radius 2 is 2.00 bits per heavy atom. The van der Waals surface area contributed by atoms with Gasteiger partial charge >= 0.3 is 5.97 Å². The summed E-state index contributed by atoms with van der Waals surface area (Å²) in [7, 11) is 0. The van der Waals surface area contributed by atoms with Crippen LogP contribution in [0.5, 0.6) is 0 Å². The first-order chi connectivity index (χ1) is 12.8. The Morgan fingerprint density at radius 1 is 1.33 bits per heavy atom. The van der Waals surface area contributed by atoms with E-state index in [0.29, 0.717) is 19.3 Å². The van der Waals surface area contributed by atoms with Crippen LogP contribution in [-0.2, 0) is 19.1 Å². The zero-order valence-corrected chi connectivity index (χ0v) is 17.9. The number of hydrogen-bond donors (Lipinski definition) is 0. The lowest BCUT2D eigenvalue weighted by molar-refractivity contribution is -0.217. The number of esters is 1. The molecule has 27 heavy (non-hydrogen) atoms. The summed E-state index contributed by atoms with van der Waals surface area (Å²) in [6.07, 6.45) is 11.3. The Hall–Kier alpha value is -1.42. The number of ether oxygens (including phenoxy) is 2. The van der Waals surface area contributed by atoms with Crippen LogP contribution in [0.1, 0.15) is 86.0 Å². The van der Waals surface area contributed by atoms with Crippen molar-refractivity contribution in [3.63, 3.8) is 0 Å². The molecule has 0 unspecified atom stereocenters. The molecule has 0 aromatic heterocycles. The van der Waals surface area contributed by atoms with Crippen LogP contribution in [0.25, 0.3) is 0 Å². The van der Waals surface area contributed by atoms with Crippen molar-refractivity contribution in [3.8, 4) is 0 Å². The molecule has 3 atom stereocenters. The van der Waals surface area contributed by atoms with Gasteiger partial charge in [-0.2, -0.15) is 0 Å². The van der Waals surface area contributed by atoms with Crippen molar-refractivity contribution in [2.45, 2.75) is 104 Å². The lowest BCUT2D eigenvalue weighted by Crippen LogP contribution is -2.60. The second-order valence-corrected chi connectivity index (χ2v) is 8.31. The molecule has 0 N–H and O–H groups in total. The molecule has 0 bridgehead atoms. The smallest absolute Gasteiger partial charge is 0.306 e. The molecular weight excluding hydrogens is 340 g/mol. The van der Waals surface area contributed by atoms with Crippen LogP contribution < -0.4 is 0 Å². The fraction of sp³-hybridized carbons (Fsp3) is 0.739. The van der Waals surface area contributed by atoms with Crippen molar-refractivity contribution in [1.29, 1.82) is 0 Å². The number of carbonyl (C=O) groups is 2. The number of carbonyl (C=O) groups excluding carboxylic acids is 2. The monoisotopic (exact) mass is 378 g/mol. The molecule has 1 heterocycles. The highest BCUT2D eigenvalue weighted by Gasteiger charge is 2.55. The van der Waals surface area contributed by atoms with Crippen LogP contribution in [0.15, 0.2) is 24.3 Å². The van der Waals surface area contributed by atoms with Crippen molar-refractivity contribution in [1.82, 2.24) is 0 Å². The molecule has 0 radical (unpaired) electrons. The first-order valence-electron chi connectivity index (χ1n) is 10.3. The summed E-state index contributed by atoms with van der Waals surface area (Å²) in [6.45, 7) is 13.5. The summed E-state index contributed by atoms with van der Waals surface area (Å²) in [4.78, 5) is 24.3. The van der Waals surface area contributed by atoms with E-state index in [1.165, 1.54) is 12.8 Å². The quantitative estimate of drug-likeness (QED) is 0.205. The maximum atomic E-state index is 12.5. The molecule has 4 heteroatoms. The van der Waals surface area contributed by atoms with Gasteiger partial charge in [0.05, 0.1) is 11.5 Å². The van der Waals surface area contributed by atoms with Gasteiger partial charge in [-0.05, 0) is 38.7 Å². The third kappa shape index (κ3) is 6.03. The van der Waals surface area contributed by atoms with E-state index in [9.17, 15) is 9.59 Å². The first-order valence-corrected chi connectivity index (χ1v) is 10.3. The maximum absolute atomic E-state index is 12.5. The summed E-state index contributed by atoms with van der Waals surface area (Å²) in [6, 6.07) is 0. The van der Waals surface area contributed by atoms with Crippen LogP contribution in [0.3, 0.4) is 0 Å². The molecule has 0 saturated carbocycles. The van der Waals surface area contributed by atoms with Gasteiger partial charge < -0.3 is 14.3 Å². The summed E-state index contributed by atoms with van der Waals surface area (Å²) in [5.74, 6) is -0.213. The minimum absolute atomic E-state index is 0.0677. The molecule has 1 rings (SSSR count). The van der Waals surface area contributed by atoms with E-state index >= 15 is 0 Å². The molecule has 1 fully saturated rings. The van der Waals surface area contributed by atoms with Crippen LogP contribution in [0, 0.1) is 5.41 Å². The first kappa shape index (κ1) is 23.6. The number of rotatable bonds is 11. The number of allylic oxidation sites excluding steroid dienone is 1. The van der Waals surface area contributed by atoms with Crippen molar-refractivity contribution in [3.05, 3.63) is 24.3 Å². The predicted octanol–water partition coefficient (Wildman–Crippen LogP) is 5.55. The molecule has 4 nitrogen and oxygen atoms in total. The second kappa shape index (κ2) is 10.8.